The average molecular weight is 498 g/mol. The number of anilines is 1. The number of fused-ring (bicyclic) bond motifs is 1. The van der Waals surface area contributed by atoms with Gasteiger partial charge in [0.05, 0.1) is 16.8 Å². The summed E-state index contributed by atoms with van der Waals surface area (Å²) < 4.78 is 3.55. The molecule has 0 atom stereocenters. The van der Waals surface area contributed by atoms with Gasteiger partial charge in [-0.3, -0.25) is 9.13 Å². The summed E-state index contributed by atoms with van der Waals surface area (Å²) in [6, 6.07) is 20.2. The summed E-state index contributed by atoms with van der Waals surface area (Å²) in [7, 11) is 2.17. The maximum Gasteiger partial charge on any atom is 0.334 e. The smallest absolute Gasteiger partial charge is 0.334 e. The molecule has 0 radical (unpaired) electrons. The summed E-state index contributed by atoms with van der Waals surface area (Å²) in [4.78, 5) is 23.2. The topological polar surface area (TPSA) is 66.5 Å². The van der Waals surface area contributed by atoms with Crippen molar-refractivity contribution in [1.29, 1.82) is 0 Å². The molecule has 192 valence electrons. The van der Waals surface area contributed by atoms with Crippen LogP contribution in [0.2, 0.25) is 0 Å². The highest BCUT2D eigenvalue weighted by Gasteiger charge is 2.32. The lowest BCUT2D eigenvalue weighted by Gasteiger charge is -2.35. The van der Waals surface area contributed by atoms with Crippen molar-refractivity contribution in [2.24, 2.45) is 0 Å². The number of likely N-dealkylation sites (N-methyl/N-ethyl adjacent to an activating group) is 1. The average Bonchev–Trinajstić information content (AvgIpc) is 3.49. The van der Waals surface area contributed by atoms with E-state index in [0.717, 1.165) is 75.1 Å². The minimum Gasteiger partial charge on any atom is -0.385 e. The zero-order valence-electron chi connectivity index (χ0n) is 21.5. The highest BCUT2D eigenvalue weighted by Crippen LogP contribution is 2.38. The molecule has 0 bridgehead atoms. The highest BCUT2D eigenvalue weighted by atomic mass is 16.3. The Morgan fingerprint density at radius 2 is 1.65 bits per heavy atom. The second-order valence-electron chi connectivity index (χ2n) is 10.6. The second-order valence-corrected chi connectivity index (χ2v) is 10.6. The molecule has 0 amide bonds. The molecule has 2 aliphatic rings. The quantitative estimate of drug-likeness (QED) is 0.437. The van der Waals surface area contributed by atoms with Crippen LogP contribution in [0.15, 0.2) is 71.7 Å². The van der Waals surface area contributed by atoms with Gasteiger partial charge in [-0.05, 0) is 67.8 Å². The van der Waals surface area contributed by atoms with Crippen LogP contribution in [0.4, 0.5) is 5.69 Å². The van der Waals surface area contributed by atoms with Crippen LogP contribution in [0.25, 0.3) is 16.9 Å². The molecule has 3 heterocycles. The van der Waals surface area contributed by atoms with Crippen LogP contribution in [-0.2, 0) is 18.6 Å². The van der Waals surface area contributed by atoms with E-state index in [-0.39, 0.29) is 5.69 Å². The zero-order chi connectivity index (χ0) is 25.4. The SMILES string of the molecule is CN1CCN(c2ccccc2CCn2c(=O)n(-c3ccc(C4(O)CCCC4)cc3)c3cccnc32)CC1. The summed E-state index contributed by atoms with van der Waals surface area (Å²) in [5.74, 6) is 0. The summed E-state index contributed by atoms with van der Waals surface area (Å²) >= 11 is 0. The van der Waals surface area contributed by atoms with Crippen molar-refractivity contribution in [3.05, 3.63) is 88.5 Å². The third kappa shape index (κ3) is 4.47. The van der Waals surface area contributed by atoms with Crippen molar-refractivity contribution in [1.82, 2.24) is 19.0 Å². The summed E-state index contributed by atoms with van der Waals surface area (Å²) in [5, 5.41) is 11.0. The molecule has 7 nitrogen and oxygen atoms in total. The van der Waals surface area contributed by atoms with E-state index < -0.39 is 5.60 Å². The Balaban J connectivity index is 1.31. The normalized spacial score (nSPS) is 18.1. The van der Waals surface area contributed by atoms with Crippen LogP contribution in [0.1, 0.15) is 36.8 Å². The molecule has 0 unspecified atom stereocenters. The molecule has 1 aliphatic heterocycles. The van der Waals surface area contributed by atoms with E-state index in [4.69, 9.17) is 0 Å². The number of piperazine rings is 1. The Bertz CT molecular complexity index is 1440. The first kappa shape index (κ1) is 23.9. The van der Waals surface area contributed by atoms with Gasteiger partial charge >= 0.3 is 5.69 Å². The van der Waals surface area contributed by atoms with Gasteiger partial charge in [0.2, 0.25) is 0 Å². The number of benzene rings is 2. The molecule has 1 N–H and O–H groups in total. The Morgan fingerprint density at radius 1 is 0.919 bits per heavy atom. The van der Waals surface area contributed by atoms with E-state index in [2.05, 4.69) is 46.1 Å². The van der Waals surface area contributed by atoms with Crippen LogP contribution >= 0.6 is 0 Å². The minimum atomic E-state index is -0.740. The fourth-order valence-corrected chi connectivity index (χ4v) is 6.02. The van der Waals surface area contributed by atoms with Gasteiger partial charge in [0.25, 0.3) is 0 Å². The van der Waals surface area contributed by atoms with E-state index in [1.807, 2.05) is 36.4 Å². The number of aromatic nitrogens is 3. The van der Waals surface area contributed by atoms with Gasteiger partial charge in [0, 0.05) is 44.6 Å². The number of imidazole rings is 1. The molecule has 37 heavy (non-hydrogen) atoms. The van der Waals surface area contributed by atoms with Gasteiger partial charge in [-0.2, -0.15) is 0 Å². The number of pyridine rings is 1. The number of nitrogens with zero attached hydrogens (tertiary/aromatic N) is 5. The molecule has 1 saturated carbocycles. The van der Waals surface area contributed by atoms with E-state index in [0.29, 0.717) is 12.2 Å². The van der Waals surface area contributed by atoms with Crippen LogP contribution in [0.5, 0.6) is 0 Å². The first-order valence-electron chi connectivity index (χ1n) is 13.4. The van der Waals surface area contributed by atoms with E-state index >= 15 is 0 Å². The molecular weight excluding hydrogens is 462 g/mol. The number of aryl methyl sites for hydroxylation is 2. The van der Waals surface area contributed by atoms with Crippen molar-refractivity contribution < 1.29 is 5.11 Å². The maximum atomic E-state index is 13.8. The Morgan fingerprint density at radius 3 is 2.41 bits per heavy atom. The first-order valence-corrected chi connectivity index (χ1v) is 13.4. The van der Waals surface area contributed by atoms with Crippen molar-refractivity contribution in [3.63, 3.8) is 0 Å². The molecule has 7 heteroatoms. The fourth-order valence-electron chi connectivity index (χ4n) is 6.02. The molecule has 2 fully saturated rings. The molecular formula is C30H35N5O2. The predicted molar refractivity (Wildman–Crippen MR) is 148 cm³/mol. The molecule has 1 aliphatic carbocycles. The lowest BCUT2D eigenvalue weighted by atomic mass is 9.92. The zero-order valence-corrected chi connectivity index (χ0v) is 21.5. The monoisotopic (exact) mass is 497 g/mol. The van der Waals surface area contributed by atoms with E-state index in [1.54, 1.807) is 15.3 Å². The summed E-state index contributed by atoms with van der Waals surface area (Å²) in [6.45, 7) is 4.70. The second kappa shape index (κ2) is 9.80. The van der Waals surface area contributed by atoms with Gasteiger partial charge < -0.3 is 14.9 Å². The van der Waals surface area contributed by atoms with Crippen molar-refractivity contribution in [2.75, 3.05) is 38.1 Å². The first-order chi connectivity index (χ1) is 18.0. The van der Waals surface area contributed by atoms with Crippen LogP contribution in [0.3, 0.4) is 0 Å². The molecule has 0 spiro atoms. The Hall–Kier alpha value is -3.42. The summed E-state index contributed by atoms with van der Waals surface area (Å²) in [5.41, 5.74) is 4.92. The molecule has 2 aromatic heterocycles. The van der Waals surface area contributed by atoms with Gasteiger partial charge in [0.15, 0.2) is 5.65 Å². The molecule has 4 aromatic rings. The van der Waals surface area contributed by atoms with Crippen molar-refractivity contribution in [2.45, 2.75) is 44.2 Å². The number of aliphatic hydroxyl groups is 1. The van der Waals surface area contributed by atoms with Crippen molar-refractivity contribution in [3.8, 4) is 5.69 Å². The lowest BCUT2D eigenvalue weighted by molar-refractivity contribution is 0.0445. The van der Waals surface area contributed by atoms with Crippen LogP contribution in [0, 0.1) is 0 Å². The van der Waals surface area contributed by atoms with E-state index in [1.165, 1.54) is 11.3 Å². The highest BCUT2D eigenvalue weighted by molar-refractivity contribution is 5.74. The summed E-state index contributed by atoms with van der Waals surface area (Å²) in [6.07, 6.45) is 6.20. The van der Waals surface area contributed by atoms with Crippen LogP contribution in [-0.4, -0.2) is 57.4 Å². The fraction of sp³-hybridized carbons (Fsp3) is 0.400. The van der Waals surface area contributed by atoms with Gasteiger partial charge in [-0.15, -0.1) is 0 Å². The minimum absolute atomic E-state index is 0.0851. The third-order valence-electron chi connectivity index (χ3n) is 8.22. The number of hydrogen-bond donors (Lipinski definition) is 1. The molecule has 6 rings (SSSR count). The Labute approximate surface area is 217 Å². The number of hydrogen-bond acceptors (Lipinski definition) is 5. The maximum absolute atomic E-state index is 13.8. The third-order valence-corrected chi connectivity index (χ3v) is 8.22. The molecule has 2 aromatic carbocycles. The van der Waals surface area contributed by atoms with Crippen LogP contribution < -0.4 is 10.6 Å². The molecule has 1 saturated heterocycles. The van der Waals surface area contributed by atoms with Crippen molar-refractivity contribution >= 4 is 16.9 Å². The number of para-hydroxylation sites is 1. The van der Waals surface area contributed by atoms with E-state index in [9.17, 15) is 9.90 Å². The number of rotatable bonds is 6. The largest absolute Gasteiger partial charge is 0.385 e. The van der Waals surface area contributed by atoms with Gasteiger partial charge in [-0.1, -0.05) is 43.2 Å². The Kier molecular flexibility index (Phi) is 6.34. The van der Waals surface area contributed by atoms with Gasteiger partial charge in [0.1, 0.15) is 0 Å². The van der Waals surface area contributed by atoms with Gasteiger partial charge in [-0.25, -0.2) is 9.78 Å². The lowest BCUT2D eigenvalue weighted by Crippen LogP contribution is -2.44. The predicted octanol–water partition coefficient (Wildman–Crippen LogP) is 3.94. The standard InChI is InChI=1S/C30H35N5O2/c1-32-19-21-33(22-20-32)26-8-3-2-7-23(26)14-18-34-28-27(9-6-17-31-28)35(29(34)36)25-12-10-24(11-13-25)30(37)15-4-5-16-30/h2-3,6-13,17,37H,4-5,14-16,18-22H2,1H3.